The van der Waals surface area contributed by atoms with E-state index in [1.54, 1.807) is 7.11 Å². The lowest BCUT2D eigenvalue weighted by molar-refractivity contribution is -0.138. The van der Waals surface area contributed by atoms with Crippen molar-refractivity contribution in [1.29, 1.82) is 0 Å². The van der Waals surface area contributed by atoms with Gasteiger partial charge < -0.3 is 9.84 Å². The first-order valence-electron chi connectivity index (χ1n) is 5.01. The molecule has 1 saturated carbocycles. The fraction of sp³-hybridized carbons (Fsp3) is 0.417. The Hall–Kier alpha value is -1.51. The van der Waals surface area contributed by atoms with Crippen LogP contribution in [0.1, 0.15) is 23.5 Å². The third-order valence-electron chi connectivity index (χ3n) is 2.90. The number of hydrogen-bond donors (Lipinski definition) is 1. The number of carbonyl (C=O) groups is 1. The van der Waals surface area contributed by atoms with Crippen molar-refractivity contribution >= 4 is 5.97 Å². The molecule has 1 fully saturated rings. The van der Waals surface area contributed by atoms with Crippen LogP contribution in [0, 0.1) is 12.8 Å². The standard InChI is InChI=1S/C12H14O3/c1-7-3-4-8(11(5-7)15-2)9-6-10(9)12(13)14/h3-5,9-10H,6H2,1-2H3,(H,13,14). The van der Waals surface area contributed by atoms with Gasteiger partial charge in [-0.2, -0.15) is 0 Å². The summed E-state index contributed by atoms with van der Waals surface area (Å²) in [7, 11) is 1.62. The maximum Gasteiger partial charge on any atom is 0.307 e. The van der Waals surface area contributed by atoms with Gasteiger partial charge in [-0.05, 0) is 30.5 Å². The molecule has 0 aliphatic heterocycles. The Morgan fingerprint density at radius 2 is 2.27 bits per heavy atom. The molecular formula is C12H14O3. The minimum absolute atomic E-state index is 0.137. The van der Waals surface area contributed by atoms with Gasteiger partial charge >= 0.3 is 5.97 Å². The molecular weight excluding hydrogens is 192 g/mol. The van der Waals surface area contributed by atoms with Gasteiger partial charge in [0, 0.05) is 5.92 Å². The SMILES string of the molecule is COc1cc(C)ccc1C1CC1C(=O)O. The van der Waals surface area contributed by atoms with Gasteiger partial charge in [-0.1, -0.05) is 12.1 Å². The Morgan fingerprint density at radius 1 is 1.53 bits per heavy atom. The van der Waals surface area contributed by atoms with E-state index in [0.717, 1.165) is 23.3 Å². The summed E-state index contributed by atoms with van der Waals surface area (Å²) in [6, 6.07) is 5.92. The summed E-state index contributed by atoms with van der Waals surface area (Å²) < 4.78 is 5.26. The molecule has 1 aromatic rings. The second-order valence-electron chi connectivity index (χ2n) is 4.03. The predicted molar refractivity (Wildman–Crippen MR) is 56.2 cm³/mol. The number of aliphatic carboxylic acids is 1. The zero-order chi connectivity index (χ0) is 11.0. The average Bonchev–Trinajstić information content (AvgIpc) is 2.97. The predicted octanol–water partition coefficient (Wildman–Crippen LogP) is 2.19. The first-order chi connectivity index (χ1) is 7.13. The van der Waals surface area contributed by atoms with Crippen LogP contribution in [0.3, 0.4) is 0 Å². The summed E-state index contributed by atoms with van der Waals surface area (Å²) in [6.45, 7) is 1.99. The van der Waals surface area contributed by atoms with E-state index in [0.29, 0.717) is 0 Å². The van der Waals surface area contributed by atoms with Crippen LogP contribution in [0.4, 0.5) is 0 Å². The molecule has 0 radical (unpaired) electrons. The van der Waals surface area contributed by atoms with Crippen molar-refractivity contribution in [2.75, 3.05) is 7.11 Å². The number of aryl methyl sites for hydroxylation is 1. The van der Waals surface area contributed by atoms with Crippen LogP contribution < -0.4 is 4.74 Å². The lowest BCUT2D eigenvalue weighted by atomic mass is 10.1. The fourth-order valence-corrected chi connectivity index (χ4v) is 1.94. The first kappa shape index (κ1) is 10.0. The fourth-order valence-electron chi connectivity index (χ4n) is 1.94. The van der Waals surface area contributed by atoms with Crippen molar-refractivity contribution in [3.8, 4) is 5.75 Å². The molecule has 0 spiro atoms. The van der Waals surface area contributed by atoms with E-state index in [1.807, 2.05) is 25.1 Å². The number of rotatable bonds is 3. The van der Waals surface area contributed by atoms with Gasteiger partial charge in [0.25, 0.3) is 0 Å². The molecule has 1 aliphatic rings. The molecule has 0 aromatic heterocycles. The number of methoxy groups -OCH3 is 1. The molecule has 0 saturated heterocycles. The van der Waals surface area contributed by atoms with E-state index in [9.17, 15) is 4.79 Å². The van der Waals surface area contributed by atoms with Crippen molar-refractivity contribution in [3.63, 3.8) is 0 Å². The zero-order valence-electron chi connectivity index (χ0n) is 8.86. The minimum atomic E-state index is -0.706. The topological polar surface area (TPSA) is 46.5 Å². The van der Waals surface area contributed by atoms with Crippen LogP contribution in [0.2, 0.25) is 0 Å². The highest BCUT2D eigenvalue weighted by atomic mass is 16.5. The summed E-state index contributed by atoms with van der Waals surface area (Å²) >= 11 is 0. The summed E-state index contributed by atoms with van der Waals surface area (Å²) in [6.07, 6.45) is 0.731. The molecule has 0 amide bonds. The molecule has 15 heavy (non-hydrogen) atoms. The third-order valence-corrected chi connectivity index (χ3v) is 2.90. The largest absolute Gasteiger partial charge is 0.496 e. The monoisotopic (exact) mass is 206 g/mol. The Kier molecular flexibility index (Phi) is 2.39. The number of carboxylic acids is 1. The van der Waals surface area contributed by atoms with Crippen molar-refractivity contribution in [2.24, 2.45) is 5.92 Å². The van der Waals surface area contributed by atoms with Gasteiger partial charge in [0.2, 0.25) is 0 Å². The van der Waals surface area contributed by atoms with Crippen molar-refractivity contribution < 1.29 is 14.6 Å². The Labute approximate surface area is 88.7 Å². The number of carboxylic acid groups (broad SMARTS) is 1. The number of ether oxygens (including phenoxy) is 1. The van der Waals surface area contributed by atoms with Gasteiger partial charge in [0.05, 0.1) is 13.0 Å². The van der Waals surface area contributed by atoms with Crippen LogP contribution in [-0.2, 0) is 4.79 Å². The molecule has 2 unspecified atom stereocenters. The lowest BCUT2D eigenvalue weighted by Crippen LogP contribution is -2.00. The molecule has 1 aromatic carbocycles. The van der Waals surface area contributed by atoms with Crippen LogP contribution in [0.5, 0.6) is 5.75 Å². The highest BCUT2D eigenvalue weighted by Crippen LogP contribution is 2.50. The summed E-state index contributed by atoms with van der Waals surface area (Å²) in [5.74, 6) is 0.0195. The normalized spacial score (nSPS) is 23.6. The van der Waals surface area contributed by atoms with E-state index in [-0.39, 0.29) is 11.8 Å². The number of benzene rings is 1. The van der Waals surface area contributed by atoms with Crippen LogP contribution in [0.15, 0.2) is 18.2 Å². The highest BCUT2D eigenvalue weighted by Gasteiger charge is 2.45. The van der Waals surface area contributed by atoms with Crippen LogP contribution >= 0.6 is 0 Å². The second kappa shape index (κ2) is 3.57. The van der Waals surface area contributed by atoms with E-state index < -0.39 is 5.97 Å². The maximum absolute atomic E-state index is 10.8. The van der Waals surface area contributed by atoms with Crippen molar-refractivity contribution in [1.82, 2.24) is 0 Å². The first-order valence-corrected chi connectivity index (χ1v) is 5.01. The molecule has 1 N–H and O–H groups in total. The quantitative estimate of drug-likeness (QED) is 0.824. The minimum Gasteiger partial charge on any atom is -0.496 e. The summed E-state index contributed by atoms with van der Waals surface area (Å²) in [4.78, 5) is 10.8. The van der Waals surface area contributed by atoms with Gasteiger partial charge in [0.15, 0.2) is 0 Å². The summed E-state index contributed by atoms with van der Waals surface area (Å²) in [5.41, 5.74) is 2.15. The van der Waals surface area contributed by atoms with Gasteiger partial charge in [-0.3, -0.25) is 4.79 Å². The van der Waals surface area contributed by atoms with E-state index in [1.165, 1.54) is 0 Å². The van der Waals surface area contributed by atoms with Gasteiger partial charge in [0.1, 0.15) is 5.75 Å². The smallest absolute Gasteiger partial charge is 0.307 e. The molecule has 80 valence electrons. The van der Waals surface area contributed by atoms with E-state index in [2.05, 4.69) is 0 Å². The molecule has 1 aliphatic carbocycles. The van der Waals surface area contributed by atoms with E-state index in [4.69, 9.17) is 9.84 Å². The van der Waals surface area contributed by atoms with Crippen LogP contribution in [-0.4, -0.2) is 18.2 Å². The average molecular weight is 206 g/mol. The molecule has 2 rings (SSSR count). The van der Waals surface area contributed by atoms with Crippen molar-refractivity contribution in [2.45, 2.75) is 19.3 Å². The second-order valence-corrected chi connectivity index (χ2v) is 4.03. The number of hydrogen-bond acceptors (Lipinski definition) is 2. The Bertz CT molecular complexity index is 398. The summed E-state index contributed by atoms with van der Waals surface area (Å²) in [5, 5.41) is 8.86. The molecule has 3 nitrogen and oxygen atoms in total. The molecule has 2 atom stereocenters. The third kappa shape index (κ3) is 1.82. The molecule has 0 heterocycles. The van der Waals surface area contributed by atoms with E-state index >= 15 is 0 Å². The lowest BCUT2D eigenvalue weighted by Gasteiger charge is -2.08. The Morgan fingerprint density at radius 3 is 2.80 bits per heavy atom. The maximum atomic E-state index is 10.8. The Balaban J connectivity index is 2.26. The highest BCUT2D eigenvalue weighted by molar-refractivity contribution is 5.75. The van der Waals surface area contributed by atoms with Gasteiger partial charge in [-0.25, -0.2) is 0 Å². The zero-order valence-corrected chi connectivity index (χ0v) is 8.86. The van der Waals surface area contributed by atoms with Crippen LogP contribution in [0.25, 0.3) is 0 Å². The van der Waals surface area contributed by atoms with Crippen molar-refractivity contribution in [3.05, 3.63) is 29.3 Å². The molecule has 3 heteroatoms. The van der Waals surface area contributed by atoms with Gasteiger partial charge in [-0.15, -0.1) is 0 Å². The molecule has 0 bridgehead atoms.